The number of alkyl carbamates (subject to hydrolysis) is 1. The number of hydrogen-bond acceptors (Lipinski definition) is 9. The van der Waals surface area contributed by atoms with E-state index in [1.54, 1.807) is 56.0 Å². The summed E-state index contributed by atoms with van der Waals surface area (Å²) in [5, 5.41) is 7.89. The van der Waals surface area contributed by atoms with Crippen LogP contribution in [0, 0.1) is 0 Å². The number of nitrogens with one attached hydrogen (secondary N) is 3. The fourth-order valence-corrected chi connectivity index (χ4v) is 6.02. The molecule has 4 aromatic rings. The third kappa shape index (κ3) is 11.5. The lowest BCUT2D eigenvalue weighted by atomic mass is 10.0. The molecule has 17 heteroatoms. The Bertz CT molecular complexity index is 2000. The minimum absolute atomic E-state index is 0.0711. The molecule has 0 spiro atoms. The molecule has 0 radical (unpaired) electrons. The van der Waals surface area contributed by atoms with E-state index in [4.69, 9.17) is 9.47 Å². The van der Waals surface area contributed by atoms with Crippen molar-refractivity contribution in [1.29, 1.82) is 0 Å². The van der Waals surface area contributed by atoms with Crippen molar-refractivity contribution >= 4 is 35.5 Å². The lowest BCUT2D eigenvalue weighted by molar-refractivity contribution is -0.138. The molecule has 14 nitrogen and oxygen atoms in total. The molecule has 2 aromatic carbocycles. The lowest BCUT2D eigenvalue weighted by Gasteiger charge is -2.38. The summed E-state index contributed by atoms with van der Waals surface area (Å²) in [5.41, 5.74) is -1.69. The molecule has 1 aliphatic heterocycles. The zero-order chi connectivity index (χ0) is 41.4. The Balaban J connectivity index is 1.31. The average Bonchev–Trinajstić information content (AvgIpc) is 3.61. The van der Waals surface area contributed by atoms with Crippen LogP contribution in [0.3, 0.4) is 0 Å². The SMILES string of the molecule is CC(C)(C)OC(=O)NC(C)(C)C(=O)NC(COCc1ccccc1)C(=O)Nc1cn(C(C(=O)N2CCN(c3ncccc3C(F)(F)F)CC2)c2ccccc2)cn1. The van der Waals surface area contributed by atoms with Crippen LogP contribution in [0.1, 0.15) is 57.4 Å². The molecule has 57 heavy (non-hydrogen) atoms. The van der Waals surface area contributed by atoms with E-state index in [-0.39, 0.29) is 56.9 Å². The van der Waals surface area contributed by atoms with E-state index in [9.17, 15) is 32.3 Å². The zero-order valence-electron chi connectivity index (χ0n) is 32.4. The van der Waals surface area contributed by atoms with Crippen LogP contribution in [0.4, 0.5) is 29.6 Å². The van der Waals surface area contributed by atoms with Gasteiger partial charge in [0, 0.05) is 38.6 Å². The minimum Gasteiger partial charge on any atom is -0.444 e. The summed E-state index contributed by atoms with van der Waals surface area (Å²) in [6.45, 7) is 8.43. The summed E-state index contributed by atoms with van der Waals surface area (Å²) in [5.74, 6) is -1.81. The summed E-state index contributed by atoms with van der Waals surface area (Å²) in [6, 6.07) is 18.2. The number of halogens is 3. The molecule has 0 aliphatic carbocycles. The van der Waals surface area contributed by atoms with Crippen LogP contribution < -0.4 is 20.9 Å². The van der Waals surface area contributed by atoms with E-state index in [1.165, 1.54) is 48.1 Å². The largest absolute Gasteiger partial charge is 0.444 e. The number of hydrogen-bond donors (Lipinski definition) is 3. The predicted octanol–water partition coefficient (Wildman–Crippen LogP) is 5.18. The second kappa shape index (κ2) is 17.9. The third-order valence-electron chi connectivity index (χ3n) is 8.88. The minimum atomic E-state index is -4.58. The van der Waals surface area contributed by atoms with Gasteiger partial charge in [0.25, 0.3) is 5.91 Å². The van der Waals surface area contributed by atoms with Crippen molar-refractivity contribution in [3.63, 3.8) is 0 Å². The molecule has 3 heterocycles. The number of alkyl halides is 3. The Morgan fingerprint density at radius 2 is 1.49 bits per heavy atom. The molecule has 0 bridgehead atoms. The fraction of sp³-hybridized carbons (Fsp3) is 0.400. The normalized spacial score (nSPS) is 14.7. The van der Waals surface area contributed by atoms with Gasteiger partial charge in [0.1, 0.15) is 29.0 Å². The first-order valence-corrected chi connectivity index (χ1v) is 18.3. The highest BCUT2D eigenvalue weighted by Crippen LogP contribution is 2.35. The van der Waals surface area contributed by atoms with Crippen molar-refractivity contribution in [2.75, 3.05) is 43.0 Å². The van der Waals surface area contributed by atoms with E-state index in [0.717, 1.165) is 11.6 Å². The molecule has 304 valence electrons. The molecular weight excluding hydrogens is 745 g/mol. The molecule has 4 amide bonds. The molecule has 3 N–H and O–H groups in total. The van der Waals surface area contributed by atoms with Gasteiger partial charge in [-0.15, -0.1) is 0 Å². The van der Waals surface area contributed by atoms with Crippen molar-refractivity contribution < 1.29 is 41.8 Å². The van der Waals surface area contributed by atoms with Gasteiger partial charge in [0.05, 0.1) is 25.1 Å². The van der Waals surface area contributed by atoms with Crippen molar-refractivity contribution in [2.45, 2.75) is 70.6 Å². The van der Waals surface area contributed by atoms with Crippen LogP contribution in [-0.4, -0.2) is 93.2 Å². The van der Waals surface area contributed by atoms with E-state index in [2.05, 4.69) is 25.9 Å². The molecule has 1 fully saturated rings. The standard InChI is InChI=1S/C40H47F3N8O6/c1-38(2,3)57-37(55)48-39(4,5)36(54)46-30(25-56-24-27-13-8-6-9-14-27)34(52)47-31-23-51(26-45-31)32(28-15-10-7-11-16-28)35(53)50-21-19-49(20-22-50)33-29(40(41,42)43)17-12-18-44-33/h6-18,23,26,30,32H,19-22,24-25H2,1-5H3,(H,46,54)(H,47,52)(H,48,55). The van der Waals surface area contributed by atoms with Gasteiger partial charge in [0.2, 0.25) is 11.8 Å². The van der Waals surface area contributed by atoms with Crippen molar-refractivity contribution in [2.24, 2.45) is 0 Å². The first-order chi connectivity index (χ1) is 26.9. The van der Waals surface area contributed by atoms with Gasteiger partial charge < -0.3 is 39.8 Å². The second-order valence-corrected chi connectivity index (χ2v) is 15.0. The maximum atomic E-state index is 14.2. The molecule has 2 aromatic heterocycles. The number of aromatic nitrogens is 3. The number of imidazole rings is 1. The number of carbonyl (C=O) groups is 4. The number of pyridine rings is 1. The maximum Gasteiger partial charge on any atom is 0.419 e. The summed E-state index contributed by atoms with van der Waals surface area (Å²) in [4.78, 5) is 65.3. The Labute approximate surface area is 328 Å². The van der Waals surface area contributed by atoms with E-state index >= 15 is 0 Å². The van der Waals surface area contributed by atoms with Crippen LogP contribution >= 0.6 is 0 Å². The Kier molecular flexibility index (Phi) is 13.2. The number of benzene rings is 2. The first kappa shape index (κ1) is 42.2. The van der Waals surface area contributed by atoms with Crippen molar-refractivity contribution in [1.82, 2.24) is 30.1 Å². The lowest BCUT2D eigenvalue weighted by Crippen LogP contribution is -2.59. The molecule has 2 atom stereocenters. The molecular formula is C40H47F3N8O6. The third-order valence-corrected chi connectivity index (χ3v) is 8.88. The quantitative estimate of drug-likeness (QED) is 0.166. The molecule has 5 rings (SSSR count). The number of carbonyl (C=O) groups excluding carboxylic acids is 4. The average molecular weight is 793 g/mol. The Hall–Kier alpha value is -5.97. The number of ether oxygens (including phenoxy) is 2. The summed E-state index contributed by atoms with van der Waals surface area (Å²) in [6.07, 6.45) is -1.23. The number of rotatable bonds is 13. The highest BCUT2D eigenvalue weighted by Gasteiger charge is 2.38. The van der Waals surface area contributed by atoms with Gasteiger partial charge in [-0.3, -0.25) is 14.4 Å². The van der Waals surface area contributed by atoms with Gasteiger partial charge in [-0.25, -0.2) is 14.8 Å². The number of amides is 4. The van der Waals surface area contributed by atoms with Gasteiger partial charge in [-0.05, 0) is 57.9 Å². The van der Waals surface area contributed by atoms with Crippen LogP contribution in [-0.2, 0) is 36.6 Å². The molecule has 2 unspecified atom stereocenters. The van der Waals surface area contributed by atoms with Gasteiger partial charge in [-0.1, -0.05) is 60.7 Å². The van der Waals surface area contributed by atoms with Crippen molar-refractivity contribution in [3.05, 3.63) is 108 Å². The molecule has 1 saturated heterocycles. The fourth-order valence-electron chi connectivity index (χ4n) is 6.02. The van der Waals surface area contributed by atoms with E-state index in [1.807, 2.05) is 30.3 Å². The first-order valence-electron chi connectivity index (χ1n) is 18.3. The number of anilines is 2. The summed E-state index contributed by atoms with van der Waals surface area (Å²) in [7, 11) is 0. The topological polar surface area (TPSA) is 160 Å². The molecule has 1 aliphatic rings. The Morgan fingerprint density at radius 1 is 0.842 bits per heavy atom. The highest BCUT2D eigenvalue weighted by atomic mass is 19.4. The number of nitrogens with zero attached hydrogens (tertiary/aromatic N) is 5. The highest BCUT2D eigenvalue weighted by molar-refractivity contribution is 5.98. The Morgan fingerprint density at radius 3 is 2.12 bits per heavy atom. The van der Waals surface area contributed by atoms with Gasteiger partial charge >= 0.3 is 12.3 Å². The van der Waals surface area contributed by atoms with Crippen molar-refractivity contribution in [3.8, 4) is 0 Å². The van der Waals surface area contributed by atoms with E-state index in [0.29, 0.717) is 5.56 Å². The van der Waals surface area contributed by atoms with Crippen LogP contribution in [0.2, 0.25) is 0 Å². The van der Waals surface area contributed by atoms with E-state index < -0.39 is 52.9 Å². The van der Waals surface area contributed by atoms with Crippen LogP contribution in [0.5, 0.6) is 0 Å². The smallest absolute Gasteiger partial charge is 0.419 e. The zero-order valence-corrected chi connectivity index (χ0v) is 32.4. The summed E-state index contributed by atoms with van der Waals surface area (Å²) < 4.78 is 53.8. The molecule has 0 saturated carbocycles. The van der Waals surface area contributed by atoms with Crippen LogP contribution in [0.15, 0.2) is 91.5 Å². The monoisotopic (exact) mass is 792 g/mol. The maximum absolute atomic E-state index is 14.2. The van der Waals surface area contributed by atoms with Gasteiger partial charge in [-0.2, -0.15) is 13.2 Å². The number of piperazine rings is 1. The van der Waals surface area contributed by atoms with Gasteiger partial charge in [0.15, 0.2) is 5.82 Å². The predicted molar refractivity (Wildman–Crippen MR) is 205 cm³/mol. The van der Waals surface area contributed by atoms with Crippen LogP contribution in [0.25, 0.3) is 0 Å². The summed E-state index contributed by atoms with van der Waals surface area (Å²) >= 11 is 0. The second-order valence-electron chi connectivity index (χ2n) is 15.0.